The predicted molar refractivity (Wildman–Crippen MR) is 130 cm³/mol. The number of anilines is 1. The summed E-state index contributed by atoms with van der Waals surface area (Å²) in [5.41, 5.74) is 5.03. The zero-order valence-electron chi connectivity index (χ0n) is 17.7. The van der Waals surface area contributed by atoms with Crippen molar-refractivity contribution in [1.82, 2.24) is 15.0 Å². The zero-order valence-corrected chi connectivity index (χ0v) is 18.5. The lowest BCUT2D eigenvalue weighted by atomic mass is 10.2. The van der Waals surface area contributed by atoms with E-state index < -0.39 is 0 Å². The molecule has 1 N–H and O–H groups in total. The van der Waals surface area contributed by atoms with Crippen molar-refractivity contribution in [1.29, 1.82) is 0 Å². The number of aryl methyl sites for hydroxylation is 1. The Labute approximate surface area is 195 Å². The number of fused-ring (bicyclic) bond motifs is 1. The van der Waals surface area contributed by atoms with Gasteiger partial charge in [-0.05, 0) is 79.7 Å². The van der Waals surface area contributed by atoms with Crippen LogP contribution in [-0.4, -0.2) is 20.9 Å². The minimum atomic E-state index is -0.273. The van der Waals surface area contributed by atoms with Gasteiger partial charge in [-0.15, -0.1) is 10.2 Å². The Bertz CT molecular complexity index is 1460. The number of carbonyl (C=O) groups is 1. The van der Waals surface area contributed by atoms with Crippen LogP contribution in [0.15, 0.2) is 89.4 Å². The van der Waals surface area contributed by atoms with Crippen molar-refractivity contribution in [2.24, 2.45) is 0 Å². The summed E-state index contributed by atoms with van der Waals surface area (Å²) < 4.78 is 5.79. The van der Waals surface area contributed by atoms with Crippen LogP contribution in [0.4, 0.5) is 5.69 Å². The molecule has 0 saturated heterocycles. The quantitative estimate of drug-likeness (QED) is 0.316. The Kier molecular flexibility index (Phi) is 5.50. The second kappa shape index (κ2) is 8.76. The molecule has 0 unspecified atom stereocenters. The molecule has 2 heterocycles. The summed E-state index contributed by atoms with van der Waals surface area (Å²) in [6.45, 7) is 2.03. The molecular formula is C26H19ClN4O2. The second-order valence-electron chi connectivity index (χ2n) is 7.56. The van der Waals surface area contributed by atoms with Gasteiger partial charge in [0.2, 0.25) is 5.91 Å². The molecule has 5 rings (SSSR count). The SMILES string of the molecule is Cc1ccc(-n2nc3ccc(NC(=O)C=Cc4ccc(-c5ccc(Cl)cc5)o4)cc3n2)cc1. The summed E-state index contributed by atoms with van der Waals surface area (Å²) in [5, 5.41) is 12.5. The first-order chi connectivity index (χ1) is 16.0. The number of furan rings is 1. The maximum Gasteiger partial charge on any atom is 0.248 e. The molecule has 7 heteroatoms. The molecule has 0 aliphatic carbocycles. The maximum atomic E-state index is 12.4. The molecule has 0 saturated carbocycles. The Morgan fingerprint density at radius 3 is 2.48 bits per heavy atom. The average molecular weight is 455 g/mol. The highest BCUT2D eigenvalue weighted by molar-refractivity contribution is 6.30. The Morgan fingerprint density at radius 2 is 1.70 bits per heavy atom. The maximum absolute atomic E-state index is 12.4. The van der Waals surface area contributed by atoms with Crippen LogP contribution in [0.2, 0.25) is 5.02 Å². The van der Waals surface area contributed by atoms with E-state index in [1.54, 1.807) is 35.1 Å². The summed E-state index contributed by atoms with van der Waals surface area (Å²) in [7, 11) is 0. The molecule has 0 bridgehead atoms. The summed E-state index contributed by atoms with van der Waals surface area (Å²) in [6.07, 6.45) is 3.05. The minimum Gasteiger partial charge on any atom is -0.457 e. The number of amides is 1. The number of halogens is 1. The van der Waals surface area contributed by atoms with Gasteiger partial charge in [0.1, 0.15) is 22.6 Å². The summed E-state index contributed by atoms with van der Waals surface area (Å²) >= 11 is 5.93. The van der Waals surface area contributed by atoms with Gasteiger partial charge in [-0.2, -0.15) is 4.80 Å². The standard InChI is InChI=1S/C26H19ClN4O2/c1-17-2-9-21(10-3-17)31-29-23-13-8-20(16-24(23)30-31)28-26(32)15-12-22-11-14-25(33-22)18-4-6-19(27)7-5-18/h2-16H,1H3,(H,28,32). The number of benzene rings is 3. The second-order valence-corrected chi connectivity index (χ2v) is 8.00. The number of hydrogen-bond donors (Lipinski definition) is 1. The monoisotopic (exact) mass is 454 g/mol. The average Bonchev–Trinajstić information content (AvgIpc) is 3.46. The topological polar surface area (TPSA) is 73.0 Å². The molecule has 0 aliphatic rings. The molecule has 0 spiro atoms. The lowest BCUT2D eigenvalue weighted by Gasteiger charge is -2.00. The molecule has 0 aliphatic heterocycles. The fraction of sp³-hybridized carbons (Fsp3) is 0.0385. The third-order valence-corrected chi connectivity index (χ3v) is 5.32. The summed E-state index contributed by atoms with van der Waals surface area (Å²) in [4.78, 5) is 14.0. The van der Waals surface area contributed by atoms with Gasteiger partial charge < -0.3 is 9.73 Å². The first-order valence-electron chi connectivity index (χ1n) is 10.3. The minimum absolute atomic E-state index is 0.273. The van der Waals surface area contributed by atoms with Gasteiger partial charge in [0.25, 0.3) is 0 Å². The predicted octanol–water partition coefficient (Wildman–Crippen LogP) is 6.29. The lowest BCUT2D eigenvalue weighted by Crippen LogP contribution is -2.07. The van der Waals surface area contributed by atoms with Crippen LogP contribution in [0.5, 0.6) is 0 Å². The number of rotatable bonds is 5. The molecular weight excluding hydrogens is 436 g/mol. The van der Waals surface area contributed by atoms with Crippen molar-refractivity contribution in [3.05, 3.63) is 101 Å². The fourth-order valence-electron chi connectivity index (χ4n) is 3.34. The highest BCUT2D eigenvalue weighted by atomic mass is 35.5. The number of hydrogen-bond acceptors (Lipinski definition) is 4. The van der Waals surface area contributed by atoms with Crippen LogP contribution in [0, 0.1) is 6.92 Å². The number of carbonyl (C=O) groups excluding carboxylic acids is 1. The first-order valence-corrected chi connectivity index (χ1v) is 10.7. The Morgan fingerprint density at radius 1 is 0.939 bits per heavy atom. The van der Waals surface area contributed by atoms with Gasteiger partial charge >= 0.3 is 0 Å². The molecule has 33 heavy (non-hydrogen) atoms. The van der Waals surface area contributed by atoms with Crippen LogP contribution in [0.25, 0.3) is 34.1 Å². The third kappa shape index (κ3) is 4.71. The molecule has 5 aromatic rings. The van der Waals surface area contributed by atoms with E-state index in [2.05, 4.69) is 15.5 Å². The van der Waals surface area contributed by atoms with Gasteiger partial charge in [0.15, 0.2) is 0 Å². The number of nitrogens with one attached hydrogen (secondary N) is 1. The summed E-state index contributed by atoms with van der Waals surface area (Å²) in [6, 6.07) is 24.4. The van der Waals surface area contributed by atoms with Gasteiger partial charge in [0.05, 0.1) is 5.69 Å². The van der Waals surface area contributed by atoms with Gasteiger partial charge in [-0.25, -0.2) is 0 Å². The van der Waals surface area contributed by atoms with E-state index in [9.17, 15) is 4.79 Å². The highest BCUT2D eigenvalue weighted by Crippen LogP contribution is 2.24. The van der Waals surface area contributed by atoms with E-state index in [0.717, 1.165) is 16.8 Å². The fourth-order valence-corrected chi connectivity index (χ4v) is 3.47. The van der Waals surface area contributed by atoms with Gasteiger partial charge in [0, 0.05) is 22.3 Å². The summed E-state index contributed by atoms with van der Waals surface area (Å²) in [5.74, 6) is 1.00. The first kappa shape index (κ1) is 20.7. The van der Waals surface area contributed by atoms with Crippen molar-refractivity contribution < 1.29 is 9.21 Å². The van der Waals surface area contributed by atoms with E-state index in [-0.39, 0.29) is 5.91 Å². The van der Waals surface area contributed by atoms with Crippen LogP contribution in [0.3, 0.4) is 0 Å². The third-order valence-electron chi connectivity index (χ3n) is 5.07. The van der Waals surface area contributed by atoms with Crippen LogP contribution in [-0.2, 0) is 4.79 Å². The van der Waals surface area contributed by atoms with Crippen molar-refractivity contribution in [2.75, 3.05) is 5.32 Å². The Balaban J connectivity index is 1.27. The van der Waals surface area contributed by atoms with Gasteiger partial charge in [-0.1, -0.05) is 29.3 Å². The largest absolute Gasteiger partial charge is 0.457 e. The van der Waals surface area contributed by atoms with E-state index in [0.29, 0.717) is 27.7 Å². The van der Waals surface area contributed by atoms with E-state index in [4.69, 9.17) is 16.0 Å². The van der Waals surface area contributed by atoms with E-state index in [1.807, 2.05) is 61.5 Å². The molecule has 3 aromatic carbocycles. The van der Waals surface area contributed by atoms with E-state index >= 15 is 0 Å². The van der Waals surface area contributed by atoms with Gasteiger partial charge in [-0.3, -0.25) is 4.79 Å². The lowest BCUT2D eigenvalue weighted by molar-refractivity contribution is -0.111. The molecule has 0 fully saturated rings. The normalized spacial score (nSPS) is 11.3. The zero-order chi connectivity index (χ0) is 22.8. The molecule has 162 valence electrons. The molecule has 6 nitrogen and oxygen atoms in total. The van der Waals surface area contributed by atoms with Crippen molar-refractivity contribution >= 4 is 40.3 Å². The molecule has 0 atom stereocenters. The van der Waals surface area contributed by atoms with Crippen molar-refractivity contribution in [2.45, 2.75) is 6.92 Å². The van der Waals surface area contributed by atoms with Crippen molar-refractivity contribution in [3.63, 3.8) is 0 Å². The molecule has 2 aromatic heterocycles. The number of aromatic nitrogens is 3. The van der Waals surface area contributed by atoms with Crippen molar-refractivity contribution in [3.8, 4) is 17.0 Å². The van der Waals surface area contributed by atoms with Crippen LogP contribution < -0.4 is 5.32 Å². The smallest absolute Gasteiger partial charge is 0.248 e. The van der Waals surface area contributed by atoms with Crippen LogP contribution >= 0.6 is 11.6 Å². The highest BCUT2D eigenvalue weighted by Gasteiger charge is 2.08. The van der Waals surface area contributed by atoms with Crippen LogP contribution in [0.1, 0.15) is 11.3 Å². The molecule has 1 amide bonds. The molecule has 0 radical (unpaired) electrons. The number of nitrogens with zero attached hydrogens (tertiary/aromatic N) is 3. The van der Waals surface area contributed by atoms with E-state index in [1.165, 1.54) is 11.6 Å². The Hall–Kier alpha value is -4.16.